The van der Waals surface area contributed by atoms with Crippen molar-refractivity contribution in [3.63, 3.8) is 0 Å². The predicted molar refractivity (Wildman–Crippen MR) is 152 cm³/mol. The molecule has 2 N–H and O–H groups in total. The number of aryl methyl sites for hydroxylation is 1. The van der Waals surface area contributed by atoms with Gasteiger partial charge in [0.1, 0.15) is 5.78 Å². The van der Waals surface area contributed by atoms with Gasteiger partial charge in [-0.25, -0.2) is 4.98 Å². The number of fused-ring (bicyclic) bond motifs is 1. The first kappa shape index (κ1) is 30.9. The first-order chi connectivity index (χ1) is 17.6. The summed E-state index contributed by atoms with van der Waals surface area (Å²) in [4.78, 5) is 31.4. The molecule has 0 aromatic carbocycles. The van der Waals surface area contributed by atoms with Crippen molar-refractivity contribution in [1.82, 2.24) is 10.3 Å². The van der Waals surface area contributed by atoms with Crippen LogP contribution >= 0.6 is 11.3 Å². The zero-order valence-electron chi connectivity index (χ0n) is 24.7. The van der Waals surface area contributed by atoms with E-state index in [1.165, 1.54) is 0 Å². The number of ketones is 1. The summed E-state index contributed by atoms with van der Waals surface area (Å²) in [7, 11) is 0. The third kappa shape index (κ3) is 7.52. The monoisotopic (exact) mass is 548 g/mol. The fourth-order valence-electron chi connectivity index (χ4n) is 5.74. The van der Waals surface area contributed by atoms with Crippen LogP contribution in [0.3, 0.4) is 0 Å². The third-order valence-corrected chi connectivity index (χ3v) is 9.25. The SMILES string of the molecule is C/C(=C\c1csc(C)n1)[C@@H]1C[C@@H]2O[C@]2(C)CCC[C@H](C)[C@H](OC(C)C)[C@@H](C)C(=O)C(C)(C)[C@@H](O)CC(=O)N1. The van der Waals surface area contributed by atoms with Gasteiger partial charge in [-0.05, 0) is 65.0 Å². The number of nitrogens with one attached hydrogen (secondary N) is 1. The minimum atomic E-state index is -1.12. The number of hydrogen-bond acceptors (Lipinski definition) is 7. The summed E-state index contributed by atoms with van der Waals surface area (Å²) in [6.07, 6.45) is 3.95. The van der Waals surface area contributed by atoms with Gasteiger partial charge in [0.2, 0.25) is 5.91 Å². The summed E-state index contributed by atoms with van der Waals surface area (Å²) < 4.78 is 12.5. The number of thiazole rings is 1. The number of carbonyl (C=O) groups excluding carboxylic acids is 2. The molecule has 38 heavy (non-hydrogen) atoms. The second-order valence-electron chi connectivity index (χ2n) is 12.6. The molecule has 214 valence electrons. The Morgan fingerprint density at radius 2 is 1.97 bits per heavy atom. The molecule has 7 atom stereocenters. The van der Waals surface area contributed by atoms with E-state index in [4.69, 9.17) is 9.47 Å². The van der Waals surface area contributed by atoms with Crippen LogP contribution in [0.1, 0.15) is 98.2 Å². The smallest absolute Gasteiger partial charge is 0.223 e. The molecule has 7 nitrogen and oxygen atoms in total. The molecule has 8 heteroatoms. The number of aromatic nitrogens is 1. The number of ether oxygens (including phenoxy) is 2. The summed E-state index contributed by atoms with van der Waals surface area (Å²) in [5, 5.41) is 17.3. The Kier molecular flexibility index (Phi) is 9.99. The van der Waals surface area contributed by atoms with E-state index in [9.17, 15) is 14.7 Å². The molecule has 0 saturated carbocycles. The van der Waals surface area contributed by atoms with Crippen molar-refractivity contribution in [2.24, 2.45) is 17.3 Å². The van der Waals surface area contributed by atoms with E-state index in [1.54, 1.807) is 25.2 Å². The number of nitrogens with zero attached hydrogens (tertiary/aromatic N) is 1. The van der Waals surface area contributed by atoms with Crippen LogP contribution in [0.5, 0.6) is 0 Å². The number of aliphatic hydroxyl groups excluding tert-OH is 1. The van der Waals surface area contributed by atoms with Crippen molar-refractivity contribution in [3.8, 4) is 0 Å². The second kappa shape index (κ2) is 12.3. The second-order valence-corrected chi connectivity index (χ2v) is 13.6. The quantitative estimate of drug-likeness (QED) is 0.483. The van der Waals surface area contributed by atoms with Crippen LogP contribution in [0.2, 0.25) is 0 Å². The molecule has 0 spiro atoms. The number of amides is 1. The Bertz CT molecular complexity index is 1020. The predicted octanol–water partition coefficient (Wildman–Crippen LogP) is 5.48. The highest BCUT2D eigenvalue weighted by Crippen LogP contribution is 2.44. The van der Waals surface area contributed by atoms with Crippen LogP contribution in [-0.4, -0.2) is 57.8 Å². The lowest BCUT2D eigenvalue weighted by atomic mass is 9.72. The molecular weight excluding hydrogens is 500 g/mol. The average molecular weight is 549 g/mol. The Morgan fingerprint density at radius 1 is 1.29 bits per heavy atom. The molecular formula is C30H48N2O5S. The summed E-state index contributed by atoms with van der Waals surface area (Å²) >= 11 is 1.59. The van der Waals surface area contributed by atoms with Gasteiger partial charge in [-0.15, -0.1) is 11.3 Å². The zero-order chi connectivity index (χ0) is 28.4. The maximum absolute atomic E-state index is 13.7. The topological polar surface area (TPSA) is 101 Å². The van der Waals surface area contributed by atoms with E-state index in [0.717, 1.165) is 35.5 Å². The first-order valence-corrected chi connectivity index (χ1v) is 15.0. The summed E-state index contributed by atoms with van der Waals surface area (Å²) in [5.41, 5.74) is 0.541. The van der Waals surface area contributed by atoms with Crippen molar-refractivity contribution in [3.05, 3.63) is 21.7 Å². The molecule has 1 amide bonds. The number of epoxide rings is 1. The Labute approximate surface area is 232 Å². The average Bonchev–Trinajstić information content (AvgIpc) is 3.26. The first-order valence-electron chi connectivity index (χ1n) is 14.1. The normalized spacial score (nSPS) is 35.6. The summed E-state index contributed by atoms with van der Waals surface area (Å²) in [6.45, 7) is 17.6. The van der Waals surface area contributed by atoms with Crippen molar-refractivity contribution in [2.45, 2.75) is 130 Å². The minimum absolute atomic E-state index is 0.0165. The van der Waals surface area contributed by atoms with Gasteiger partial charge in [-0.2, -0.15) is 0 Å². The van der Waals surface area contributed by atoms with Crippen LogP contribution in [0.25, 0.3) is 6.08 Å². The van der Waals surface area contributed by atoms with Crippen molar-refractivity contribution < 1.29 is 24.2 Å². The number of rotatable bonds is 4. The summed E-state index contributed by atoms with van der Waals surface area (Å²) in [6, 6.07) is -0.253. The summed E-state index contributed by atoms with van der Waals surface area (Å²) in [5.74, 6) is -0.601. The van der Waals surface area contributed by atoms with E-state index < -0.39 is 17.4 Å². The van der Waals surface area contributed by atoms with Crippen LogP contribution < -0.4 is 5.32 Å². The lowest BCUT2D eigenvalue weighted by molar-refractivity contribution is -0.147. The van der Waals surface area contributed by atoms with Gasteiger partial charge < -0.3 is 19.9 Å². The Balaban J connectivity index is 1.88. The standard InChI is InChI=1S/C30H48N2O5S/c1-17(2)36-27-18(3)11-10-12-30(9)25(37-30)14-23(19(4)13-22-16-38-21(6)31-22)32-26(34)15-24(33)29(7,8)28(35)20(27)5/h13,16-18,20,23-25,27,33H,10-12,14-15H2,1-9H3,(H,32,34)/b19-13+/t18-,20+,23-,24-,25-,27-,30+/m0/s1. The molecule has 0 bridgehead atoms. The Hall–Kier alpha value is -1.61. The molecule has 2 aliphatic heterocycles. The van der Waals surface area contributed by atoms with Gasteiger partial charge in [0, 0.05) is 17.7 Å². The molecule has 3 rings (SSSR count). The number of hydrogen-bond donors (Lipinski definition) is 2. The maximum atomic E-state index is 13.7. The highest BCUT2D eigenvalue weighted by atomic mass is 32.1. The van der Waals surface area contributed by atoms with Crippen molar-refractivity contribution in [1.29, 1.82) is 0 Å². The highest BCUT2D eigenvalue weighted by Gasteiger charge is 2.52. The van der Waals surface area contributed by atoms with E-state index in [-0.39, 0.29) is 54.0 Å². The van der Waals surface area contributed by atoms with Crippen molar-refractivity contribution in [2.75, 3.05) is 0 Å². The minimum Gasteiger partial charge on any atom is -0.392 e. The van der Waals surface area contributed by atoms with Crippen LogP contribution in [0, 0.1) is 24.2 Å². The molecule has 2 fully saturated rings. The number of Topliss-reactive ketones (excluding diaryl/α,β-unsaturated/α-hetero) is 1. The maximum Gasteiger partial charge on any atom is 0.223 e. The fraction of sp³-hybridized carbons (Fsp3) is 0.767. The van der Waals surface area contributed by atoms with Crippen molar-refractivity contribution >= 4 is 29.1 Å². The van der Waals surface area contributed by atoms with Gasteiger partial charge in [0.15, 0.2) is 0 Å². The molecule has 0 radical (unpaired) electrons. The van der Waals surface area contributed by atoms with Gasteiger partial charge in [-0.3, -0.25) is 9.59 Å². The Morgan fingerprint density at radius 3 is 2.58 bits per heavy atom. The van der Waals surface area contributed by atoms with Crippen LogP contribution in [0.15, 0.2) is 11.0 Å². The fourth-order valence-corrected chi connectivity index (χ4v) is 6.31. The highest BCUT2D eigenvalue weighted by molar-refractivity contribution is 7.09. The van der Waals surface area contributed by atoms with E-state index in [1.807, 2.05) is 46.1 Å². The third-order valence-electron chi connectivity index (χ3n) is 8.46. The van der Waals surface area contributed by atoms with Gasteiger partial charge in [0.05, 0.1) is 58.6 Å². The number of aliphatic hydroxyl groups is 1. The van der Waals surface area contributed by atoms with Crippen LogP contribution in [0.4, 0.5) is 0 Å². The molecule has 0 aliphatic carbocycles. The van der Waals surface area contributed by atoms with Gasteiger partial charge in [-0.1, -0.05) is 34.1 Å². The zero-order valence-corrected chi connectivity index (χ0v) is 25.5. The number of carbonyl (C=O) groups is 2. The van der Waals surface area contributed by atoms with E-state index in [2.05, 4.69) is 24.1 Å². The van der Waals surface area contributed by atoms with Gasteiger partial charge in [0.25, 0.3) is 0 Å². The lowest BCUT2D eigenvalue weighted by Crippen LogP contribution is -2.48. The largest absolute Gasteiger partial charge is 0.392 e. The molecule has 1 aromatic heterocycles. The molecule has 1 aromatic rings. The van der Waals surface area contributed by atoms with E-state index >= 15 is 0 Å². The molecule has 3 heterocycles. The molecule has 2 saturated heterocycles. The van der Waals surface area contributed by atoms with E-state index in [0.29, 0.717) is 6.42 Å². The molecule has 2 aliphatic rings. The molecule has 0 unspecified atom stereocenters. The lowest BCUT2D eigenvalue weighted by Gasteiger charge is -2.37. The van der Waals surface area contributed by atoms with Crippen LogP contribution in [-0.2, 0) is 19.1 Å². The van der Waals surface area contributed by atoms with Gasteiger partial charge >= 0.3 is 0 Å².